The number of benzene rings is 1. The molecule has 0 bridgehead atoms. The van der Waals surface area contributed by atoms with Crippen molar-refractivity contribution in [3.8, 4) is 0 Å². The summed E-state index contributed by atoms with van der Waals surface area (Å²) >= 11 is 0. The molecule has 0 heterocycles. The fourth-order valence-corrected chi connectivity index (χ4v) is 1.89. The number of rotatable bonds is 6. The Morgan fingerprint density at radius 1 is 1.38 bits per heavy atom. The van der Waals surface area contributed by atoms with E-state index in [1.807, 2.05) is 6.92 Å². The molecule has 0 radical (unpaired) electrons. The van der Waals surface area contributed by atoms with Crippen LogP contribution in [0.25, 0.3) is 0 Å². The van der Waals surface area contributed by atoms with E-state index >= 15 is 0 Å². The number of para-hydroxylation sites is 1. The first-order chi connectivity index (χ1) is 7.70. The van der Waals surface area contributed by atoms with Gasteiger partial charge >= 0.3 is 0 Å². The summed E-state index contributed by atoms with van der Waals surface area (Å²) in [6.45, 7) is 7.13. The molecule has 0 atom stereocenters. The van der Waals surface area contributed by atoms with Gasteiger partial charge in [0.15, 0.2) is 0 Å². The molecule has 0 aliphatic rings. The fourth-order valence-electron chi connectivity index (χ4n) is 1.89. The minimum Gasteiger partial charge on any atom is -0.380 e. The van der Waals surface area contributed by atoms with Gasteiger partial charge in [-0.3, -0.25) is 0 Å². The Balaban J connectivity index is 2.76. The summed E-state index contributed by atoms with van der Waals surface area (Å²) in [7, 11) is 2.08. The van der Waals surface area contributed by atoms with Gasteiger partial charge in [-0.25, -0.2) is 0 Å². The highest BCUT2D eigenvalue weighted by atomic mass is 16.5. The molecular weight excluding hydrogens is 200 g/mol. The van der Waals surface area contributed by atoms with E-state index in [9.17, 15) is 0 Å². The molecule has 0 fully saturated rings. The van der Waals surface area contributed by atoms with E-state index in [4.69, 9.17) is 10.5 Å². The number of nitrogens with zero attached hydrogens (tertiary/aromatic N) is 1. The highest BCUT2D eigenvalue weighted by Gasteiger charge is 2.08. The van der Waals surface area contributed by atoms with Crippen LogP contribution in [0.5, 0.6) is 0 Å². The van der Waals surface area contributed by atoms with Crippen molar-refractivity contribution in [3.63, 3.8) is 0 Å². The lowest BCUT2D eigenvalue weighted by atomic mass is 10.1. The third-order valence-electron chi connectivity index (χ3n) is 2.70. The van der Waals surface area contributed by atoms with Gasteiger partial charge in [0.25, 0.3) is 0 Å². The van der Waals surface area contributed by atoms with Crippen molar-refractivity contribution in [1.82, 2.24) is 0 Å². The molecule has 0 aliphatic heterocycles. The van der Waals surface area contributed by atoms with Crippen LogP contribution in [0.15, 0.2) is 18.2 Å². The quantitative estimate of drug-likeness (QED) is 0.747. The highest BCUT2D eigenvalue weighted by Crippen LogP contribution is 2.23. The molecule has 0 aromatic heterocycles. The van der Waals surface area contributed by atoms with Gasteiger partial charge in [-0.2, -0.15) is 0 Å². The molecule has 1 aromatic carbocycles. The minimum absolute atomic E-state index is 0.579. The van der Waals surface area contributed by atoms with Crippen LogP contribution >= 0.6 is 0 Å². The number of aryl methyl sites for hydroxylation is 1. The van der Waals surface area contributed by atoms with E-state index in [1.165, 1.54) is 16.8 Å². The molecule has 0 amide bonds. The number of ether oxygens (including phenoxy) is 1. The van der Waals surface area contributed by atoms with Crippen LogP contribution in [0.3, 0.4) is 0 Å². The summed E-state index contributed by atoms with van der Waals surface area (Å²) in [5.74, 6) is 0. The lowest BCUT2D eigenvalue weighted by Crippen LogP contribution is -2.25. The first kappa shape index (κ1) is 13.0. The molecule has 3 heteroatoms. The van der Waals surface area contributed by atoms with Crippen molar-refractivity contribution < 1.29 is 4.74 Å². The van der Waals surface area contributed by atoms with E-state index in [0.717, 1.165) is 19.8 Å². The number of hydrogen-bond donors (Lipinski definition) is 1. The van der Waals surface area contributed by atoms with Gasteiger partial charge in [-0.15, -0.1) is 0 Å². The minimum atomic E-state index is 0.579. The molecule has 0 unspecified atom stereocenters. The normalized spacial score (nSPS) is 10.5. The zero-order chi connectivity index (χ0) is 12.0. The van der Waals surface area contributed by atoms with E-state index in [2.05, 4.69) is 37.1 Å². The fraction of sp³-hybridized carbons (Fsp3) is 0.538. The Morgan fingerprint density at radius 2 is 2.12 bits per heavy atom. The molecule has 3 nitrogen and oxygen atoms in total. The van der Waals surface area contributed by atoms with Gasteiger partial charge in [0.1, 0.15) is 0 Å². The van der Waals surface area contributed by atoms with Crippen molar-refractivity contribution in [2.24, 2.45) is 5.73 Å². The van der Waals surface area contributed by atoms with E-state index in [0.29, 0.717) is 6.54 Å². The Kier molecular flexibility index (Phi) is 5.29. The Morgan fingerprint density at radius 3 is 2.75 bits per heavy atom. The second-order valence-electron chi connectivity index (χ2n) is 3.91. The summed E-state index contributed by atoms with van der Waals surface area (Å²) in [6, 6.07) is 6.25. The lowest BCUT2D eigenvalue weighted by Gasteiger charge is -2.24. The van der Waals surface area contributed by atoms with E-state index < -0.39 is 0 Å². The molecule has 1 rings (SSSR count). The lowest BCUT2D eigenvalue weighted by molar-refractivity contribution is 0.154. The summed E-state index contributed by atoms with van der Waals surface area (Å²) in [5.41, 5.74) is 9.45. The van der Waals surface area contributed by atoms with Crippen LogP contribution in [0, 0.1) is 6.92 Å². The maximum absolute atomic E-state index is 5.75. The Bertz CT molecular complexity index is 326. The van der Waals surface area contributed by atoms with Crippen LogP contribution in [-0.4, -0.2) is 26.8 Å². The molecule has 1 aromatic rings. The largest absolute Gasteiger partial charge is 0.380 e. The topological polar surface area (TPSA) is 38.5 Å². The van der Waals surface area contributed by atoms with Gasteiger partial charge in [0, 0.05) is 32.4 Å². The smallest absolute Gasteiger partial charge is 0.0641 e. The zero-order valence-electron chi connectivity index (χ0n) is 10.5. The summed E-state index contributed by atoms with van der Waals surface area (Å²) in [5, 5.41) is 0. The van der Waals surface area contributed by atoms with Crippen molar-refractivity contribution in [2.75, 3.05) is 31.7 Å². The zero-order valence-corrected chi connectivity index (χ0v) is 10.5. The number of hydrogen-bond acceptors (Lipinski definition) is 3. The van der Waals surface area contributed by atoms with Crippen LogP contribution in [-0.2, 0) is 11.3 Å². The van der Waals surface area contributed by atoms with Crippen molar-refractivity contribution in [2.45, 2.75) is 20.4 Å². The van der Waals surface area contributed by atoms with Gasteiger partial charge < -0.3 is 15.4 Å². The molecule has 90 valence electrons. The van der Waals surface area contributed by atoms with Crippen LogP contribution < -0.4 is 10.6 Å². The second-order valence-corrected chi connectivity index (χ2v) is 3.91. The van der Waals surface area contributed by atoms with Crippen LogP contribution in [0.4, 0.5) is 5.69 Å². The standard InChI is InChI=1S/C13H22N2O/c1-4-16-9-8-15(3)13-11(2)6-5-7-12(13)10-14/h5-7H,4,8-10,14H2,1-3H3. The van der Waals surface area contributed by atoms with E-state index in [1.54, 1.807) is 0 Å². The molecule has 0 saturated carbocycles. The SMILES string of the molecule is CCOCCN(C)c1c(C)cccc1CN. The van der Waals surface area contributed by atoms with Crippen molar-refractivity contribution in [3.05, 3.63) is 29.3 Å². The summed E-state index contributed by atoms with van der Waals surface area (Å²) in [6.07, 6.45) is 0. The van der Waals surface area contributed by atoms with E-state index in [-0.39, 0.29) is 0 Å². The first-order valence-electron chi connectivity index (χ1n) is 5.78. The van der Waals surface area contributed by atoms with Gasteiger partial charge in [0.2, 0.25) is 0 Å². The number of likely N-dealkylation sites (N-methyl/N-ethyl adjacent to an activating group) is 1. The van der Waals surface area contributed by atoms with Crippen LogP contribution in [0.1, 0.15) is 18.1 Å². The Labute approximate surface area is 98.2 Å². The molecule has 16 heavy (non-hydrogen) atoms. The highest BCUT2D eigenvalue weighted by molar-refractivity contribution is 5.58. The maximum Gasteiger partial charge on any atom is 0.0641 e. The number of nitrogens with two attached hydrogens (primary N) is 1. The molecule has 0 spiro atoms. The van der Waals surface area contributed by atoms with Gasteiger partial charge in [-0.05, 0) is 25.0 Å². The predicted molar refractivity (Wildman–Crippen MR) is 68.8 cm³/mol. The average molecular weight is 222 g/mol. The summed E-state index contributed by atoms with van der Waals surface area (Å²) in [4.78, 5) is 2.22. The summed E-state index contributed by atoms with van der Waals surface area (Å²) < 4.78 is 5.37. The second kappa shape index (κ2) is 6.51. The molecular formula is C13H22N2O. The third kappa shape index (κ3) is 3.22. The predicted octanol–water partition coefficient (Wildman–Crippen LogP) is 1.93. The van der Waals surface area contributed by atoms with Gasteiger partial charge in [0.05, 0.1) is 6.61 Å². The molecule has 2 N–H and O–H groups in total. The number of anilines is 1. The Hall–Kier alpha value is -1.06. The van der Waals surface area contributed by atoms with Crippen molar-refractivity contribution in [1.29, 1.82) is 0 Å². The van der Waals surface area contributed by atoms with Gasteiger partial charge in [-0.1, -0.05) is 18.2 Å². The monoisotopic (exact) mass is 222 g/mol. The average Bonchev–Trinajstić information content (AvgIpc) is 2.28. The van der Waals surface area contributed by atoms with Crippen molar-refractivity contribution >= 4 is 5.69 Å². The third-order valence-corrected chi connectivity index (χ3v) is 2.70. The first-order valence-corrected chi connectivity index (χ1v) is 5.78. The van der Waals surface area contributed by atoms with Crippen LogP contribution in [0.2, 0.25) is 0 Å². The molecule has 0 saturated heterocycles. The maximum atomic E-state index is 5.75. The molecule has 0 aliphatic carbocycles.